The lowest BCUT2D eigenvalue weighted by Crippen LogP contribution is -2.17. The van der Waals surface area contributed by atoms with E-state index in [9.17, 15) is 22.8 Å². The number of carbonyl (C=O) groups excluding carboxylic acids is 2. The van der Waals surface area contributed by atoms with Gasteiger partial charge in [0.25, 0.3) is 0 Å². The molecule has 3 aromatic rings. The van der Waals surface area contributed by atoms with Crippen molar-refractivity contribution in [1.82, 2.24) is 0 Å². The lowest BCUT2D eigenvalue weighted by molar-refractivity contribution is -0.117. The van der Waals surface area contributed by atoms with Crippen LogP contribution in [0.2, 0.25) is 15.1 Å². The Bertz CT molecular complexity index is 1440. The molecule has 1 saturated carbocycles. The number of hydrogen-bond acceptors (Lipinski definition) is 2. The number of Topliss-reactive ketones (excluding diaryl/α,β-unsaturated/α-hetero) is 1. The largest absolute Gasteiger partial charge is 0.326 e. The first-order chi connectivity index (χ1) is 17.3. The van der Waals surface area contributed by atoms with Crippen LogP contribution in [0.5, 0.6) is 0 Å². The van der Waals surface area contributed by atoms with Crippen LogP contribution in [0.3, 0.4) is 0 Å². The van der Waals surface area contributed by atoms with Crippen molar-refractivity contribution in [3.8, 4) is 0 Å². The van der Waals surface area contributed by atoms with E-state index in [1.165, 1.54) is 24.3 Å². The Morgan fingerprint density at radius 3 is 2.22 bits per heavy atom. The summed E-state index contributed by atoms with van der Waals surface area (Å²) in [6.07, 6.45) is -0.631. The zero-order chi connectivity index (χ0) is 27.2. The SMILES string of the molecule is C=C(F)c1cc(F)cc(F)c1CC(=O)c1cc(NC(=O)C2C(c3cc(Cl)cc(Cl)c3)C2(Cl)Cl)ccc1Cl. The van der Waals surface area contributed by atoms with Crippen LogP contribution < -0.4 is 5.32 Å². The van der Waals surface area contributed by atoms with Gasteiger partial charge in [-0.2, -0.15) is 0 Å². The highest BCUT2D eigenvalue weighted by molar-refractivity contribution is 6.53. The molecule has 3 aromatic carbocycles. The van der Waals surface area contributed by atoms with Gasteiger partial charge in [-0.3, -0.25) is 9.59 Å². The summed E-state index contributed by atoms with van der Waals surface area (Å²) in [7, 11) is 0. The molecule has 0 spiro atoms. The number of nitrogens with one attached hydrogen (secondary N) is 1. The smallest absolute Gasteiger partial charge is 0.231 e. The maximum absolute atomic E-state index is 14.4. The topological polar surface area (TPSA) is 46.2 Å². The van der Waals surface area contributed by atoms with Gasteiger partial charge in [-0.1, -0.05) is 41.4 Å². The van der Waals surface area contributed by atoms with Gasteiger partial charge in [-0.15, -0.1) is 23.2 Å². The summed E-state index contributed by atoms with van der Waals surface area (Å²) in [4.78, 5) is 26.0. The first-order valence-electron chi connectivity index (χ1n) is 10.6. The molecular weight excluding hydrogens is 593 g/mol. The van der Waals surface area contributed by atoms with Crippen LogP contribution in [0.25, 0.3) is 5.83 Å². The Hall–Kier alpha value is -2.22. The number of benzene rings is 3. The molecule has 37 heavy (non-hydrogen) atoms. The summed E-state index contributed by atoms with van der Waals surface area (Å²) in [5.41, 5.74) is -0.143. The van der Waals surface area contributed by atoms with Crippen molar-refractivity contribution >= 4 is 81.2 Å². The minimum Gasteiger partial charge on any atom is -0.326 e. The molecule has 11 heteroatoms. The summed E-state index contributed by atoms with van der Waals surface area (Å²) >= 11 is 31.0. The first-order valence-corrected chi connectivity index (χ1v) is 12.5. The van der Waals surface area contributed by atoms with Crippen molar-refractivity contribution in [2.75, 3.05) is 5.32 Å². The summed E-state index contributed by atoms with van der Waals surface area (Å²) in [6.45, 7) is 3.06. The Labute approximate surface area is 235 Å². The average molecular weight is 608 g/mol. The summed E-state index contributed by atoms with van der Waals surface area (Å²) in [6, 6.07) is 10.1. The lowest BCUT2D eigenvalue weighted by Gasteiger charge is -2.12. The highest BCUT2D eigenvalue weighted by atomic mass is 35.5. The van der Waals surface area contributed by atoms with Gasteiger partial charge in [0.1, 0.15) is 21.8 Å². The van der Waals surface area contributed by atoms with E-state index in [0.717, 1.165) is 6.07 Å². The molecule has 1 N–H and O–H groups in total. The molecule has 192 valence electrons. The average Bonchev–Trinajstić information content (AvgIpc) is 3.37. The van der Waals surface area contributed by atoms with Crippen LogP contribution in [-0.4, -0.2) is 16.0 Å². The second-order valence-corrected chi connectivity index (χ2v) is 11.2. The van der Waals surface area contributed by atoms with E-state index in [1.54, 1.807) is 12.1 Å². The fraction of sp³-hybridized carbons (Fsp3) is 0.154. The first kappa shape index (κ1) is 27.8. The van der Waals surface area contributed by atoms with Crippen molar-refractivity contribution in [3.63, 3.8) is 0 Å². The van der Waals surface area contributed by atoms with E-state index in [1.807, 2.05) is 0 Å². The van der Waals surface area contributed by atoms with Crippen LogP contribution in [0, 0.1) is 17.6 Å². The number of hydrogen-bond donors (Lipinski definition) is 1. The third-order valence-electron chi connectivity index (χ3n) is 5.90. The molecule has 0 aromatic heterocycles. The van der Waals surface area contributed by atoms with Crippen molar-refractivity contribution in [1.29, 1.82) is 0 Å². The Morgan fingerprint density at radius 2 is 1.59 bits per heavy atom. The molecular formula is C26H15Cl5F3NO2. The van der Waals surface area contributed by atoms with Gasteiger partial charge in [-0.05, 0) is 48.0 Å². The molecule has 4 rings (SSSR count). The number of anilines is 1. The Balaban J connectivity index is 1.56. The van der Waals surface area contributed by atoms with Gasteiger partial charge in [0, 0.05) is 50.8 Å². The fourth-order valence-electron chi connectivity index (χ4n) is 4.14. The maximum atomic E-state index is 14.4. The number of alkyl halides is 2. The lowest BCUT2D eigenvalue weighted by atomic mass is 9.97. The zero-order valence-electron chi connectivity index (χ0n) is 18.5. The van der Waals surface area contributed by atoms with Crippen molar-refractivity contribution in [2.45, 2.75) is 16.7 Å². The third-order valence-corrected chi connectivity index (χ3v) is 7.61. The maximum Gasteiger partial charge on any atom is 0.231 e. The zero-order valence-corrected chi connectivity index (χ0v) is 22.3. The van der Waals surface area contributed by atoms with Gasteiger partial charge in [0.2, 0.25) is 5.91 Å². The van der Waals surface area contributed by atoms with Crippen molar-refractivity contribution < 1.29 is 22.8 Å². The summed E-state index contributed by atoms with van der Waals surface area (Å²) < 4.78 is 40.3. The minimum absolute atomic E-state index is 0.00745. The van der Waals surface area contributed by atoms with Gasteiger partial charge < -0.3 is 5.32 Å². The molecule has 1 fully saturated rings. The van der Waals surface area contributed by atoms with E-state index in [4.69, 9.17) is 58.0 Å². The molecule has 0 heterocycles. The van der Waals surface area contributed by atoms with E-state index >= 15 is 0 Å². The van der Waals surface area contributed by atoms with E-state index in [-0.39, 0.29) is 21.8 Å². The standard InChI is InChI=1S/C26H15Cl5F3NO2/c1-11(32)17-7-15(33)8-21(34)18(17)10-22(36)19-9-16(2-3-20(19)29)35-25(37)24-23(26(24,30)31)12-4-13(27)6-14(28)5-12/h2-9,23-24H,1,10H2,(H,35,37). The van der Waals surface area contributed by atoms with Gasteiger partial charge >= 0.3 is 0 Å². The molecule has 3 nitrogen and oxygen atoms in total. The van der Waals surface area contributed by atoms with Gasteiger partial charge in [0.05, 0.1) is 10.9 Å². The van der Waals surface area contributed by atoms with E-state index in [2.05, 4.69) is 11.9 Å². The van der Waals surface area contributed by atoms with Crippen LogP contribution in [0.15, 0.2) is 55.1 Å². The third kappa shape index (κ3) is 5.79. The normalized spacial score (nSPS) is 17.8. The Morgan fingerprint density at radius 1 is 0.946 bits per heavy atom. The fourth-order valence-corrected chi connectivity index (χ4v) is 5.73. The van der Waals surface area contributed by atoms with Crippen LogP contribution in [-0.2, 0) is 11.2 Å². The van der Waals surface area contributed by atoms with E-state index in [0.29, 0.717) is 21.7 Å². The molecule has 0 aliphatic heterocycles. The van der Waals surface area contributed by atoms with Crippen LogP contribution in [0.4, 0.5) is 18.9 Å². The van der Waals surface area contributed by atoms with Crippen molar-refractivity contribution in [3.05, 3.63) is 104 Å². The molecule has 0 radical (unpaired) electrons. The summed E-state index contributed by atoms with van der Waals surface area (Å²) in [5, 5.41) is 3.36. The van der Waals surface area contributed by atoms with Crippen LogP contribution in [0.1, 0.15) is 33.0 Å². The number of carbonyl (C=O) groups is 2. The second kappa shape index (κ2) is 10.5. The highest BCUT2D eigenvalue weighted by Gasteiger charge is 2.67. The van der Waals surface area contributed by atoms with Gasteiger partial charge in [-0.25, -0.2) is 13.2 Å². The Kier molecular flexibility index (Phi) is 7.89. The quantitative estimate of drug-likeness (QED) is 0.216. The molecule has 0 bridgehead atoms. The monoisotopic (exact) mass is 605 g/mol. The van der Waals surface area contributed by atoms with E-state index < -0.39 is 57.3 Å². The number of amides is 1. The highest BCUT2D eigenvalue weighted by Crippen LogP contribution is 2.65. The molecule has 2 atom stereocenters. The number of rotatable bonds is 7. The van der Waals surface area contributed by atoms with Crippen molar-refractivity contribution in [2.24, 2.45) is 5.92 Å². The number of ketones is 1. The van der Waals surface area contributed by atoms with Gasteiger partial charge in [0.15, 0.2) is 5.78 Å². The second-order valence-electron chi connectivity index (χ2n) is 8.44. The molecule has 1 amide bonds. The molecule has 2 unspecified atom stereocenters. The minimum atomic E-state index is -1.42. The predicted octanol–water partition coefficient (Wildman–Crippen LogP) is 8.82. The predicted molar refractivity (Wildman–Crippen MR) is 142 cm³/mol. The molecule has 0 saturated heterocycles. The molecule has 1 aliphatic carbocycles. The summed E-state index contributed by atoms with van der Waals surface area (Å²) in [5.74, 6) is -5.90. The van der Waals surface area contributed by atoms with Crippen LogP contribution >= 0.6 is 58.0 Å². The molecule has 1 aliphatic rings. The number of halogens is 8.